The van der Waals surface area contributed by atoms with Crippen LogP contribution in [0.4, 0.5) is 5.69 Å². The van der Waals surface area contributed by atoms with E-state index in [2.05, 4.69) is 0 Å². The SMILES string of the molecule is CS(=O)(=O)N1CCCc2cc(C(=O)COc3cccc(Cl)c3Cl)ccc21. The molecule has 0 fully saturated rings. The molecule has 1 heterocycles. The van der Waals surface area contributed by atoms with Gasteiger partial charge in [-0.05, 0) is 48.7 Å². The van der Waals surface area contributed by atoms with Crippen LogP contribution in [-0.4, -0.2) is 33.6 Å². The number of aryl methyl sites for hydroxylation is 1. The largest absolute Gasteiger partial charge is 0.484 e. The van der Waals surface area contributed by atoms with Crippen LogP contribution in [0.1, 0.15) is 22.3 Å². The first-order valence-electron chi connectivity index (χ1n) is 7.98. The first kappa shape index (κ1) is 19.0. The molecule has 26 heavy (non-hydrogen) atoms. The van der Waals surface area contributed by atoms with Crippen molar-refractivity contribution in [1.82, 2.24) is 0 Å². The van der Waals surface area contributed by atoms with Gasteiger partial charge in [0.15, 0.2) is 12.4 Å². The topological polar surface area (TPSA) is 63.7 Å². The number of carbonyl (C=O) groups is 1. The van der Waals surface area contributed by atoms with Gasteiger partial charge in [-0.1, -0.05) is 29.3 Å². The fourth-order valence-corrected chi connectivity index (χ4v) is 4.25. The van der Waals surface area contributed by atoms with Gasteiger partial charge in [0.25, 0.3) is 0 Å². The Balaban J connectivity index is 1.78. The lowest BCUT2D eigenvalue weighted by Gasteiger charge is -2.29. The number of ketones is 1. The minimum absolute atomic E-state index is 0.186. The number of rotatable bonds is 5. The van der Waals surface area contributed by atoms with Gasteiger partial charge in [-0.25, -0.2) is 8.42 Å². The first-order chi connectivity index (χ1) is 12.3. The van der Waals surface area contributed by atoms with Crippen molar-refractivity contribution >= 4 is 44.7 Å². The number of hydrogen-bond donors (Lipinski definition) is 0. The molecule has 0 saturated heterocycles. The summed E-state index contributed by atoms with van der Waals surface area (Å²) in [6, 6.07) is 9.99. The lowest BCUT2D eigenvalue weighted by Crippen LogP contribution is -2.34. The van der Waals surface area contributed by atoms with Gasteiger partial charge >= 0.3 is 0 Å². The van der Waals surface area contributed by atoms with Crippen LogP contribution in [-0.2, 0) is 16.4 Å². The summed E-state index contributed by atoms with van der Waals surface area (Å²) in [6.45, 7) is 0.268. The number of Topliss-reactive ketones (excluding diaryl/α,β-unsaturated/α-hetero) is 1. The molecule has 0 bridgehead atoms. The van der Waals surface area contributed by atoms with Gasteiger partial charge in [0.05, 0.1) is 17.0 Å². The fraction of sp³-hybridized carbons (Fsp3) is 0.278. The Hall–Kier alpha value is -1.76. The van der Waals surface area contributed by atoms with Gasteiger partial charge in [-0.2, -0.15) is 0 Å². The molecule has 0 atom stereocenters. The lowest BCUT2D eigenvalue weighted by molar-refractivity contribution is 0.0921. The monoisotopic (exact) mass is 413 g/mol. The Labute approximate surface area is 162 Å². The standard InChI is InChI=1S/C18H17Cl2NO4S/c1-26(23,24)21-9-3-4-12-10-13(7-8-15(12)21)16(22)11-25-17-6-2-5-14(19)18(17)20/h2,5-8,10H,3-4,9,11H2,1H3. The van der Waals surface area contributed by atoms with Crippen LogP contribution < -0.4 is 9.04 Å². The van der Waals surface area contributed by atoms with Crippen LogP contribution in [0, 0.1) is 0 Å². The highest BCUT2D eigenvalue weighted by Gasteiger charge is 2.24. The van der Waals surface area contributed by atoms with E-state index in [4.69, 9.17) is 27.9 Å². The smallest absolute Gasteiger partial charge is 0.232 e. The molecule has 0 saturated carbocycles. The molecule has 2 aromatic carbocycles. The molecule has 0 N–H and O–H groups in total. The second-order valence-corrected chi connectivity index (χ2v) is 8.74. The zero-order valence-corrected chi connectivity index (χ0v) is 16.4. The summed E-state index contributed by atoms with van der Waals surface area (Å²) in [6.07, 6.45) is 2.62. The Morgan fingerprint density at radius 2 is 2.00 bits per heavy atom. The zero-order valence-electron chi connectivity index (χ0n) is 14.0. The number of hydrogen-bond acceptors (Lipinski definition) is 4. The van der Waals surface area contributed by atoms with Gasteiger partial charge in [-0.15, -0.1) is 0 Å². The summed E-state index contributed by atoms with van der Waals surface area (Å²) in [5.74, 6) is 0.119. The van der Waals surface area contributed by atoms with Crippen molar-refractivity contribution in [1.29, 1.82) is 0 Å². The number of nitrogens with zero attached hydrogens (tertiary/aromatic N) is 1. The highest BCUT2D eigenvalue weighted by atomic mass is 35.5. The van der Waals surface area contributed by atoms with E-state index in [1.54, 1.807) is 36.4 Å². The van der Waals surface area contributed by atoms with Crippen molar-refractivity contribution in [3.63, 3.8) is 0 Å². The molecule has 8 heteroatoms. The van der Waals surface area contributed by atoms with E-state index in [0.717, 1.165) is 12.0 Å². The van der Waals surface area contributed by atoms with Crippen molar-refractivity contribution in [2.24, 2.45) is 0 Å². The maximum atomic E-state index is 12.4. The van der Waals surface area contributed by atoms with Crippen molar-refractivity contribution in [2.45, 2.75) is 12.8 Å². The van der Waals surface area contributed by atoms with Crippen molar-refractivity contribution in [3.8, 4) is 5.75 Å². The Kier molecular flexibility index (Phi) is 5.46. The maximum Gasteiger partial charge on any atom is 0.232 e. The third-order valence-electron chi connectivity index (χ3n) is 4.15. The Bertz CT molecular complexity index is 960. The highest BCUT2D eigenvalue weighted by Crippen LogP contribution is 2.32. The van der Waals surface area contributed by atoms with Gasteiger partial charge in [0, 0.05) is 12.1 Å². The van der Waals surface area contributed by atoms with E-state index in [1.807, 2.05) is 0 Å². The number of ether oxygens (including phenoxy) is 1. The molecule has 0 aromatic heterocycles. The molecular formula is C18H17Cl2NO4S. The number of sulfonamides is 1. The number of benzene rings is 2. The normalized spacial score (nSPS) is 14.0. The molecule has 0 aliphatic carbocycles. The van der Waals surface area contributed by atoms with Crippen molar-refractivity contribution in [2.75, 3.05) is 23.7 Å². The van der Waals surface area contributed by atoms with Gasteiger partial charge in [0.2, 0.25) is 10.0 Å². The zero-order chi connectivity index (χ0) is 18.9. The third-order valence-corrected chi connectivity index (χ3v) is 6.13. The average molecular weight is 414 g/mol. The molecule has 1 aliphatic rings. The molecule has 1 aliphatic heterocycles. The highest BCUT2D eigenvalue weighted by molar-refractivity contribution is 7.92. The van der Waals surface area contributed by atoms with Gasteiger partial charge in [0.1, 0.15) is 10.8 Å². The molecule has 2 aromatic rings. The van der Waals surface area contributed by atoms with Crippen LogP contribution in [0.3, 0.4) is 0 Å². The molecule has 0 unspecified atom stereocenters. The van der Waals surface area contributed by atoms with E-state index in [0.29, 0.717) is 35.0 Å². The first-order valence-corrected chi connectivity index (χ1v) is 10.6. The molecule has 3 rings (SSSR count). The summed E-state index contributed by atoms with van der Waals surface area (Å²) < 4.78 is 30.7. The van der Waals surface area contributed by atoms with E-state index >= 15 is 0 Å². The molecule has 0 spiro atoms. The van der Waals surface area contributed by atoms with Crippen LogP contribution in [0.25, 0.3) is 0 Å². The summed E-state index contributed by atoms with van der Waals surface area (Å²) in [5.41, 5.74) is 1.94. The molecule has 0 radical (unpaired) electrons. The minimum Gasteiger partial charge on any atom is -0.484 e. The lowest BCUT2D eigenvalue weighted by atomic mass is 9.99. The van der Waals surface area contributed by atoms with Crippen LogP contribution in [0.2, 0.25) is 10.0 Å². The fourth-order valence-electron chi connectivity index (χ4n) is 2.90. The number of anilines is 1. The van der Waals surface area contributed by atoms with E-state index < -0.39 is 10.0 Å². The third kappa shape index (κ3) is 3.98. The van der Waals surface area contributed by atoms with E-state index in [-0.39, 0.29) is 17.4 Å². The number of carbonyl (C=O) groups excluding carboxylic acids is 1. The predicted octanol–water partition coefficient (Wildman–Crippen LogP) is 3.97. The van der Waals surface area contributed by atoms with Crippen molar-refractivity contribution in [3.05, 3.63) is 57.6 Å². The second-order valence-electron chi connectivity index (χ2n) is 6.05. The summed E-state index contributed by atoms with van der Waals surface area (Å²) in [5, 5.41) is 0.613. The molecule has 138 valence electrons. The summed E-state index contributed by atoms with van der Waals surface area (Å²) in [7, 11) is -3.33. The predicted molar refractivity (Wildman–Crippen MR) is 103 cm³/mol. The minimum atomic E-state index is -3.33. The number of fused-ring (bicyclic) bond motifs is 1. The average Bonchev–Trinajstić information content (AvgIpc) is 2.61. The molecule has 5 nitrogen and oxygen atoms in total. The second kappa shape index (κ2) is 7.47. The van der Waals surface area contributed by atoms with Crippen LogP contribution >= 0.6 is 23.2 Å². The van der Waals surface area contributed by atoms with Crippen molar-refractivity contribution < 1.29 is 17.9 Å². The quantitative estimate of drug-likeness (QED) is 0.695. The summed E-state index contributed by atoms with van der Waals surface area (Å²) in [4.78, 5) is 12.4. The van der Waals surface area contributed by atoms with E-state index in [9.17, 15) is 13.2 Å². The van der Waals surface area contributed by atoms with E-state index in [1.165, 1.54) is 10.6 Å². The number of halogens is 2. The maximum absolute atomic E-state index is 12.4. The Morgan fingerprint density at radius 1 is 1.23 bits per heavy atom. The van der Waals surface area contributed by atoms with Gasteiger partial charge < -0.3 is 4.74 Å². The molecular weight excluding hydrogens is 397 g/mol. The van der Waals surface area contributed by atoms with Crippen LogP contribution in [0.15, 0.2) is 36.4 Å². The molecule has 0 amide bonds. The summed E-state index contributed by atoms with van der Waals surface area (Å²) >= 11 is 12.0. The van der Waals surface area contributed by atoms with Gasteiger partial charge in [-0.3, -0.25) is 9.10 Å². The Morgan fingerprint density at radius 3 is 2.73 bits per heavy atom. The van der Waals surface area contributed by atoms with Crippen LogP contribution in [0.5, 0.6) is 5.75 Å².